The van der Waals surface area contributed by atoms with Gasteiger partial charge in [-0.3, -0.25) is 19.8 Å². The van der Waals surface area contributed by atoms with Crippen LogP contribution >= 0.6 is 0 Å². The standard InChI is InChI=1S/C14H18N2O4/c1-9-11(4-3-5-13(9)16(19)20)8-15(12-6-7-12)10(2)14(17)18/h3-5,10,12H,6-8H2,1-2H3,(H,17,18). The second kappa shape index (κ2) is 5.58. The van der Waals surface area contributed by atoms with Crippen LogP contribution in [0.2, 0.25) is 0 Å². The topological polar surface area (TPSA) is 83.7 Å². The number of nitro benzene ring substituents is 1. The third-order valence-corrected chi connectivity index (χ3v) is 3.84. The van der Waals surface area contributed by atoms with Crippen molar-refractivity contribution in [3.8, 4) is 0 Å². The van der Waals surface area contributed by atoms with E-state index in [0.717, 1.165) is 18.4 Å². The van der Waals surface area contributed by atoms with Crippen molar-refractivity contribution in [2.75, 3.05) is 0 Å². The van der Waals surface area contributed by atoms with Gasteiger partial charge in [-0.05, 0) is 32.3 Å². The van der Waals surface area contributed by atoms with Crippen molar-refractivity contribution in [2.45, 2.75) is 45.3 Å². The van der Waals surface area contributed by atoms with Gasteiger partial charge in [0.05, 0.1) is 4.92 Å². The number of hydrogen-bond acceptors (Lipinski definition) is 4. The highest BCUT2D eigenvalue weighted by molar-refractivity contribution is 5.73. The van der Waals surface area contributed by atoms with Crippen molar-refractivity contribution in [1.29, 1.82) is 0 Å². The van der Waals surface area contributed by atoms with Crippen LogP contribution < -0.4 is 0 Å². The Kier molecular flexibility index (Phi) is 4.04. The normalized spacial score (nSPS) is 16.1. The fraction of sp³-hybridized carbons (Fsp3) is 0.500. The van der Waals surface area contributed by atoms with Crippen molar-refractivity contribution in [3.63, 3.8) is 0 Å². The van der Waals surface area contributed by atoms with Gasteiger partial charge in [0.2, 0.25) is 0 Å². The summed E-state index contributed by atoms with van der Waals surface area (Å²) >= 11 is 0. The third kappa shape index (κ3) is 2.96. The summed E-state index contributed by atoms with van der Waals surface area (Å²) in [4.78, 5) is 23.6. The molecule has 1 atom stereocenters. The minimum atomic E-state index is -0.861. The molecule has 0 spiro atoms. The van der Waals surface area contributed by atoms with Crippen LogP contribution in [0.4, 0.5) is 5.69 Å². The van der Waals surface area contributed by atoms with E-state index in [9.17, 15) is 14.9 Å². The van der Waals surface area contributed by atoms with E-state index >= 15 is 0 Å². The van der Waals surface area contributed by atoms with Crippen LogP contribution in [0.5, 0.6) is 0 Å². The van der Waals surface area contributed by atoms with Crippen LogP contribution in [0, 0.1) is 17.0 Å². The molecule has 0 aromatic heterocycles. The van der Waals surface area contributed by atoms with Crippen LogP contribution in [0.1, 0.15) is 30.9 Å². The molecule has 0 heterocycles. The van der Waals surface area contributed by atoms with Crippen LogP contribution in [0.25, 0.3) is 0 Å². The van der Waals surface area contributed by atoms with E-state index in [-0.39, 0.29) is 11.7 Å². The number of benzene rings is 1. The smallest absolute Gasteiger partial charge is 0.320 e. The van der Waals surface area contributed by atoms with Gasteiger partial charge >= 0.3 is 5.97 Å². The van der Waals surface area contributed by atoms with E-state index in [0.29, 0.717) is 12.1 Å². The predicted octanol–water partition coefficient (Wildman–Crippen LogP) is 2.34. The quantitative estimate of drug-likeness (QED) is 0.637. The average molecular weight is 278 g/mol. The molecular weight excluding hydrogens is 260 g/mol. The van der Waals surface area contributed by atoms with Crippen molar-refractivity contribution >= 4 is 11.7 Å². The first-order valence-electron chi connectivity index (χ1n) is 6.63. The Morgan fingerprint density at radius 3 is 2.70 bits per heavy atom. The Balaban J connectivity index is 2.25. The van der Waals surface area contributed by atoms with E-state index < -0.39 is 16.9 Å². The molecule has 108 valence electrons. The number of hydrogen-bond donors (Lipinski definition) is 1. The maximum atomic E-state index is 11.2. The largest absolute Gasteiger partial charge is 0.480 e. The van der Waals surface area contributed by atoms with Crippen molar-refractivity contribution in [2.24, 2.45) is 0 Å². The minimum Gasteiger partial charge on any atom is -0.480 e. The number of carbonyl (C=O) groups is 1. The lowest BCUT2D eigenvalue weighted by Gasteiger charge is -2.26. The summed E-state index contributed by atoms with van der Waals surface area (Å²) in [5, 5.41) is 20.1. The summed E-state index contributed by atoms with van der Waals surface area (Å²) in [6, 6.07) is 4.64. The zero-order valence-electron chi connectivity index (χ0n) is 11.6. The molecule has 1 aliphatic carbocycles. The predicted molar refractivity (Wildman–Crippen MR) is 73.5 cm³/mol. The van der Waals surface area contributed by atoms with Gasteiger partial charge in [-0.25, -0.2) is 0 Å². The lowest BCUT2D eigenvalue weighted by molar-refractivity contribution is -0.385. The van der Waals surface area contributed by atoms with E-state index in [1.165, 1.54) is 6.07 Å². The van der Waals surface area contributed by atoms with Gasteiger partial charge in [-0.15, -0.1) is 0 Å². The molecule has 20 heavy (non-hydrogen) atoms. The number of aliphatic carboxylic acids is 1. The Labute approximate surface area is 117 Å². The maximum Gasteiger partial charge on any atom is 0.320 e. The summed E-state index contributed by atoms with van der Waals surface area (Å²) in [6.45, 7) is 3.81. The van der Waals surface area contributed by atoms with Gasteiger partial charge in [0.15, 0.2) is 0 Å². The zero-order chi connectivity index (χ0) is 14.9. The van der Waals surface area contributed by atoms with Crippen molar-refractivity contribution in [3.05, 3.63) is 39.4 Å². The number of nitrogens with zero attached hydrogens (tertiary/aromatic N) is 2. The molecule has 1 fully saturated rings. The number of carboxylic acid groups (broad SMARTS) is 1. The van der Waals surface area contributed by atoms with Gasteiger partial charge in [0.25, 0.3) is 5.69 Å². The molecule has 0 radical (unpaired) electrons. The fourth-order valence-corrected chi connectivity index (χ4v) is 2.37. The van der Waals surface area contributed by atoms with E-state index in [4.69, 9.17) is 5.11 Å². The zero-order valence-corrected chi connectivity index (χ0v) is 11.6. The Morgan fingerprint density at radius 1 is 1.55 bits per heavy atom. The first-order valence-corrected chi connectivity index (χ1v) is 6.63. The molecular formula is C14H18N2O4. The molecule has 2 rings (SSSR count). The number of rotatable bonds is 6. The third-order valence-electron chi connectivity index (χ3n) is 3.84. The van der Waals surface area contributed by atoms with Crippen LogP contribution in [-0.4, -0.2) is 33.0 Å². The average Bonchev–Trinajstić information content (AvgIpc) is 3.20. The fourth-order valence-electron chi connectivity index (χ4n) is 2.37. The Morgan fingerprint density at radius 2 is 2.20 bits per heavy atom. The van der Waals surface area contributed by atoms with E-state index in [1.54, 1.807) is 19.9 Å². The van der Waals surface area contributed by atoms with Crippen LogP contribution in [0.15, 0.2) is 18.2 Å². The highest BCUT2D eigenvalue weighted by atomic mass is 16.6. The molecule has 0 bridgehead atoms. The van der Waals surface area contributed by atoms with Crippen molar-refractivity contribution in [1.82, 2.24) is 4.90 Å². The molecule has 1 aromatic carbocycles. The molecule has 1 saturated carbocycles. The van der Waals surface area contributed by atoms with Gasteiger partial charge in [0.1, 0.15) is 6.04 Å². The monoisotopic (exact) mass is 278 g/mol. The summed E-state index contributed by atoms with van der Waals surface area (Å²) in [6.07, 6.45) is 1.98. The molecule has 1 aromatic rings. The molecule has 1 aliphatic rings. The number of nitro groups is 1. The highest BCUT2D eigenvalue weighted by Gasteiger charge is 2.35. The van der Waals surface area contributed by atoms with Gasteiger partial charge in [0, 0.05) is 24.2 Å². The molecule has 1 N–H and O–H groups in total. The van der Waals surface area contributed by atoms with E-state index in [2.05, 4.69) is 0 Å². The first kappa shape index (κ1) is 14.5. The van der Waals surface area contributed by atoms with Crippen LogP contribution in [0.3, 0.4) is 0 Å². The first-order chi connectivity index (χ1) is 9.41. The molecule has 1 unspecified atom stereocenters. The van der Waals surface area contributed by atoms with E-state index in [1.807, 2.05) is 11.0 Å². The highest BCUT2D eigenvalue weighted by Crippen LogP contribution is 2.32. The molecule has 0 saturated heterocycles. The minimum absolute atomic E-state index is 0.0845. The molecule has 0 amide bonds. The molecule has 6 heteroatoms. The summed E-state index contributed by atoms with van der Waals surface area (Å²) in [7, 11) is 0. The lowest BCUT2D eigenvalue weighted by Crippen LogP contribution is -2.40. The Bertz CT molecular complexity index is 540. The summed E-state index contributed by atoms with van der Waals surface area (Å²) < 4.78 is 0. The summed E-state index contributed by atoms with van der Waals surface area (Å²) in [5.41, 5.74) is 1.51. The maximum absolute atomic E-state index is 11.2. The van der Waals surface area contributed by atoms with Crippen LogP contribution in [-0.2, 0) is 11.3 Å². The lowest BCUT2D eigenvalue weighted by atomic mass is 10.1. The molecule has 0 aliphatic heterocycles. The number of carboxylic acids is 1. The SMILES string of the molecule is Cc1c(CN(C2CC2)C(C)C(=O)O)cccc1[N+](=O)[O-]. The summed E-state index contributed by atoms with van der Waals surface area (Å²) in [5.74, 6) is -0.861. The van der Waals surface area contributed by atoms with Gasteiger partial charge in [-0.2, -0.15) is 0 Å². The second-order valence-corrected chi connectivity index (χ2v) is 5.24. The second-order valence-electron chi connectivity index (χ2n) is 5.24. The molecule has 6 nitrogen and oxygen atoms in total. The van der Waals surface area contributed by atoms with Gasteiger partial charge in [-0.1, -0.05) is 12.1 Å². The van der Waals surface area contributed by atoms with Crippen molar-refractivity contribution < 1.29 is 14.8 Å². The Hall–Kier alpha value is -1.95. The van der Waals surface area contributed by atoms with Gasteiger partial charge < -0.3 is 5.11 Å².